The molecule has 0 spiro atoms. The molecule has 0 bridgehead atoms. The zero-order valence-corrected chi connectivity index (χ0v) is 16.8. The number of carbonyl (C=O) groups is 1. The van der Waals surface area contributed by atoms with Gasteiger partial charge in [0.1, 0.15) is 6.10 Å². The fraction of sp³-hybridized carbons (Fsp3) is 0.792. The Kier molecular flexibility index (Phi) is 3.69. The van der Waals surface area contributed by atoms with Crippen LogP contribution in [0.25, 0.3) is 0 Å². The Hall–Kier alpha value is -0.890. The number of epoxide rings is 1. The summed E-state index contributed by atoms with van der Waals surface area (Å²) in [5.74, 6) is 4.08. The summed E-state index contributed by atoms with van der Waals surface area (Å²) in [6.07, 6.45) is 14.5. The molecule has 2 heteroatoms. The predicted octanol–water partition coefficient (Wildman–Crippen LogP) is 5.33. The molecule has 3 saturated carbocycles. The Morgan fingerprint density at radius 2 is 2.00 bits per heavy atom. The molecule has 0 N–H and O–H groups in total. The molecule has 0 aromatic carbocycles. The molecule has 5 rings (SSSR count). The lowest BCUT2D eigenvalue weighted by Crippen LogP contribution is -2.53. The SMILES string of the molecule is C/C=C/[C@@H](C)[C@H]1CCC2C3C(CC[C@@]21C)[C@@]1(C)CCC(=O)C=C1[C@@H]1O[C@H]31. The first-order valence-corrected chi connectivity index (χ1v) is 10.9. The molecule has 0 amide bonds. The third-order valence-corrected chi connectivity index (χ3v) is 9.43. The highest BCUT2D eigenvalue weighted by Crippen LogP contribution is 2.70. The van der Waals surface area contributed by atoms with Crippen LogP contribution in [0.15, 0.2) is 23.8 Å². The summed E-state index contributed by atoms with van der Waals surface area (Å²) in [6.45, 7) is 9.64. The highest BCUT2D eigenvalue weighted by Gasteiger charge is 2.69. The summed E-state index contributed by atoms with van der Waals surface area (Å²) in [5, 5.41) is 0. The van der Waals surface area contributed by atoms with Crippen LogP contribution in [0.2, 0.25) is 0 Å². The van der Waals surface area contributed by atoms with Crippen molar-refractivity contribution in [1.82, 2.24) is 0 Å². The quantitative estimate of drug-likeness (QED) is 0.495. The van der Waals surface area contributed by atoms with Crippen LogP contribution in [0.3, 0.4) is 0 Å². The number of ketones is 1. The normalized spacial score (nSPS) is 53.4. The van der Waals surface area contributed by atoms with E-state index in [0.29, 0.717) is 23.2 Å². The first-order valence-electron chi connectivity index (χ1n) is 10.9. The first kappa shape index (κ1) is 17.2. The average molecular weight is 355 g/mol. The summed E-state index contributed by atoms with van der Waals surface area (Å²) >= 11 is 0. The van der Waals surface area contributed by atoms with Crippen LogP contribution < -0.4 is 0 Å². The zero-order chi connectivity index (χ0) is 18.3. The fourth-order valence-corrected chi connectivity index (χ4v) is 8.15. The van der Waals surface area contributed by atoms with E-state index in [0.717, 1.165) is 36.5 Å². The molecule has 5 aliphatic rings. The van der Waals surface area contributed by atoms with E-state index in [1.165, 1.54) is 31.3 Å². The van der Waals surface area contributed by atoms with E-state index < -0.39 is 0 Å². The monoisotopic (exact) mass is 354 g/mol. The Morgan fingerprint density at radius 3 is 2.77 bits per heavy atom. The van der Waals surface area contributed by atoms with E-state index in [4.69, 9.17) is 4.74 Å². The topological polar surface area (TPSA) is 29.6 Å². The number of ether oxygens (including phenoxy) is 1. The van der Waals surface area contributed by atoms with E-state index in [1.54, 1.807) is 0 Å². The third kappa shape index (κ3) is 2.11. The van der Waals surface area contributed by atoms with Crippen LogP contribution >= 0.6 is 0 Å². The second kappa shape index (κ2) is 5.56. The van der Waals surface area contributed by atoms with Crippen molar-refractivity contribution in [3.63, 3.8) is 0 Å². The van der Waals surface area contributed by atoms with Gasteiger partial charge in [0.05, 0.1) is 6.10 Å². The number of fused-ring (bicyclic) bond motifs is 8. The Morgan fingerprint density at radius 1 is 1.19 bits per heavy atom. The maximum absolute atomic E-state index is 12.1. The lowest BCUT2D eigenvalue weighted by molar-refractivity contribution is -0.117. The summed E-state index contributed by atoms with van der Waals surface area (Å²) < 4.78 is 6.29. The minimum atomic E-state index is 0.213. The van der Waals surface area contributed by atoms with Gasteiger partial charge < -0.3 is 4.74 Å². The standard InChI is InChI=1S/C24H34O2/c1-5-6-14(2)16-7-8-17-20-18(10-12-23(16,17)3)24(4)11-9-15(25)13-19(24)21-22(20)26-21/h5-6,13-14,16-18,20-22H,7-12H2,1-4H3/b6-5+/t14-,16-,17?,18?,20?,21+,22-,23-,24-/m1/s1. The Balaban J connectivity index is 1.50. The molecule has 1 saturated heterocycles. The van der Waals surface area contributed by atoms with Crippen molar-refractivity contribution >= 4 is 5.78 Å². The van der Waals surface area contributed by atoms with E-state index in [2.05, 4.69) is 39.8 Å². The van der Waals surface area contributed by atoms with Crippen LogP contribution in [0.1, 0.15) is 66.2 Å². The van der Waals surface area contributed by atoms with E-state index >= 15 is 0 Å². The number of hydrogen-bond donors (Lipinski definition) is 0. The maximum atomic E-state index is 12.1. The molecule has 3 unspecified atom stereocenters. The molecule has 2 nitrogen and oxygen atoms in total. The van der Waals surface area contributed by atoms with Crippen LogP contribution in [-0.4, -0.2) is 18.0 Å². The van der Waals surface area contributed by atoms with Crippen LogP contribution in [0.4, 0.5) is 0 Å². The van der Waals surface area contributed by atoms with Gasteiger partial charge >= 0.3 is 0 Å². The van der Waals surface area contributed by atoms with Gasteiger partial charge in [-0.25, -0.2) is 0 Å². The van der Waals surface area contributed by atoms with Crippen molar-refractivity contribution < 1.29 is 9.53 Å². The molecule has 142 valence electrons. The lowest BCUT2D eigenvalue weighted by Gasteiger charge is -2.57. The Labute approximate surface area is 158 Å². The van der Waals surface area contributed by atoms with E-state index in [-0.39, 0.29) is 11.5 Å². The van der Waals surface area contributed by atoms with Gasteiger partial charge in [-0.2, -0.15) is 0 Å². The van der Waals surface area contributed by atoms with Gasteiger partial charge in [0.2, 0.25) is 0 Å². The van der Waals surface area contributed by atoms with E-state index in [9.17, 15) is 4.79 Å². The van der Waals surface area contributed by atoms with Crippen molar-refractivity contribution in [2.45, 2.75) is 78.4 Å². The summed E-state index contributed by atoms with van der Waals surface area (Å²) in [7, 11) is 0. The Bertz CT molecular complexity index is 690. The molecule has 4 fully saturated rings. The zero-order valence-electron chi connectivity index (χ0n) is 16.8. The minimum Gasteiger partial charge on any atom is -0.365 e. The van der Waals surface area contributed by atoms with Gasteiger partial charge in [-0.3, -0.25) is 4.79 Å². The third-order valence-electron chi connectivity index (χ3n) is 9.43. The maximum Gasteiger partial charge on any atom is 0.155 e. The second-order valence-corrected chi connectivity index (χ2v) is 10.4. The number of allylic oxidation sites excluding steroid dienone is 2. The van der Waals surface area contributed by atoms with Gasteiger partial charge in [0.15, 0.2) is 5.78 Å². The predicted molar refractivity (Wildman–Crippen MR) is 104 cm³/mol. The molecule has 9 atom stereocenters. The smallest absolute Gasteiger partial charge is 0.155 e. The highest BCUT2D eigenvalue weighted by atomic mass is 16.6. The van der Waals surface area contributed by atoms with Gasteiger partial charge in [-0.15, -0.1) is 0 Å². The second-order valence-electron chi connectivity index (χ2n) is 10.4. The molecule has 1 heterocycles. The average Bonchev–Trinajstić information content (AvgIpc) is 3.31. The molecule has 26 heavy (non-hydrogen) atoms. The summed E-state index contributed by atoms with van der Waals surface area (Å²) in [4.78, 5) is 12.1. The van der Waals surface area contributed by atoms with Crippen LogP contribution in [-0.2, 0) is 9.53 Å². The van der Waals surface area contributed by atoms with Gasteiger partial charge in [0, 0.05) is 6.42 Å². The summed E-state index contributed by atoms with van der Waals surface area (Å²) in [5.41, 5.74) is 2.05. The number of hydrogen-bond acceptors (Lipinski definition) is 2. The van der Waals surface area contributed by atoms with Crippen molar-refractivity contribution in [3.8, 4) is 0 Å². The van der Waals surface area contributed by atoms with Crippen molar-refractivity contribution in [2.75, 3.05) is 0 Å². The molecule has 0 radical (unpaired) electrons. The lowest BCUT2D eigenvalue weighted by atomic mass is 9.46. The number of carbonyl (C=O) groups excluding carboxylic acids is 1. The number of rotatable bonds is 2. The van der Waals surface area contributed by atoms with Gasteiger partial charge in [-0.1, -0.05) is 32.9 Å². The molecule has 4 aliphatic carbocycles. The van der Waals surface area contributed by atoms with Gasteiger partial charge in [0.25, 0.3) is 0 Å². The van der Waals surface area contributed by atoms with Crippen molar-refractivity contribution in [1.29, 1.82) is 0 Å². The molecule has 0 aromatic rings. The van der Waals surface area contributed by atoms with Crippen molar-refractivity contribution in [2.24, 2.45) is 40.4 Å². The van der Waals surface area contributed by atoms with Crippen LogP contribution in [0, 0.1) is 40.4 Å². The van der Waals surface area contributed by atoms with E-state index in [1.807, 2.05) is 6.08 Å². The summed E-state index contributed by atoms with van der Waals surface area (Å²) in [6, 6.07) is 0. The minimum absolute atomic E-state index is 0.213. The van der Waals surface area contributed by atoms with Crippen LogP contribution in [0.5, 0.6) is 0 Å². The largest absolute Gasteiger partial charge is 0.365 e. The van der Waals surface area contributed by atoms with Crippen molar-refractivity contribution in [3.05, 3.63) is 23.8 Å². The molecule has 0 aromatic heterocycles. The van der Waals surface area contributed by atoms with Gasteiger partial charge in [-0.05, 0) is 91.1 Å². The fourth-order valence-electron chi connectivity index (χ4n) is 8.15. The molecule has 1 aliphatic heterocycles. The molecular formula is C24H34O2. The highest BCUT2D eigenvalue weighted by molar-refractivity contribution is 5.92. The molecular weight excluding hydrogens is 320 g/mol. The first-order chi connectivity index (χ1) is 12.4.